The Morgan fingerprint density at radius 1 is 1.03 bits per heavy atom. The average Bonchev–Trinajstić information content (AvgIpc) is 3.53. The Morgan fingerprint density at radius 3 is 2.59 bits per heavy atom. The van der Waals surface area contributed by atoms with Gasteiger partial charge in [-0.1, -0.05) is 6.07 Å². The van der Waals surface area contributed by atoms with Crippen molar-refractivity contribution in [3.63, 3.8) is 0 Å². The molecule has 0 radical (unpaired) electrons. The van der Waals surface area contributed by atoms with Crippen LogP contribution in [0.15, 0.2) is 35.7 Å². The van der Waals surface area contributed by atoms with Gasteiger partial charge in [-0.2, -0.15) is 0 Å². The molecule has 2 fully saturated rings. The van der Waals surface area contributed by atoms with Crippen LogP contribution >= 0.6 is 11.3 Å². The Kier molecular flexibility index (Phi) is 6.92. The number of thiophene rings is 1. The molecule has 32 heavy (non-hydrogen) atoms. The van der Waals surface area contributed by atoms with E-state index in [2.05, 4.69) is 21.2 Å². The fourth-order valence-corrected chi connectivity index (χ4v) is 5.26. The first kappa shape index (κ1) is 21.7. The lowest BCUT2D eigenvalue weighted by Gasteiger charge is -2.36. The zero-order valence-corrected chi connectivity index (χ0v) is 19.2. The summed E-state index contributed by atoms with van der Waals surface area (Å²) in [4.78, 5) is 21.2. The van der Waals surface area contributed by atoms with E-state index in [9.17, 15) is 4.79 Å². The van der Waals surface area contributed by atoms with Gasteiger partial charge in [-0.25, -0.2) is 0 Å². The molecule has 8 heteroatoms. The summed E-state index contributed by atoms with van der Waals surface area (Å²) in [5.41, 5.74) is 0.852. The molecule has 0 bridgehead atoms. The summed E-state index contributed by atoms with van der Waals surface area (Å²) in [5.74, 6) is 1.56. The minimum Gasteiger partial charge on any atom is -0.486 e. The van der Waals surface area contributed by atoms with Gasteiger partial charge in [0.05, 0.1) is 19.2 Å². The average molecular weight is 458 g/mol. The molecule has 3 aliphatic rings. The number of hydrogen-bond acceptors (Lipinski definition) is 7. The van der Waals surface area contributed by atoms with Gasteiger partial charge in [0.1, 0.15) is 13.2 Å². The van der Waals surface area contributed by atoms with Crippen LogP contribution in [0.25, 0.3) is 0 Å². The van der Waals surface area contributed by atoms with E-state index in [1.54, 1.807) is 11.3 Å². The highest BCUT2D eigenvalue weighted by Crippen LogP contribution is 2.34. The molecule has 172 valence electrons. The first-order chi connectivity index (χ1) is 15.7. The number of ether oxygens (including phenoxy) is 3. The number of amides is 1. The standard InChI is InChI=1S/C24H31N3O4S/c28-24(18-26-9-7-25(8-10-26)16-20-3-1-11-29-20)27(17-21-4-2-14-32-21)19-5-6-22-23(15-19)31-13-12-30-22/h2,4-6,14-15,20H,1,3,7-13,16-18H2/t20-/m0/s1. The lowest BCUT2D eigenvalue weighted by Crippen LogP contribution is -2.51. The van der Waals surface area contributed by atoms with Crippen molar-refractivity contribution in [2.24, 2.45) is 0 Å². The molecule has 0 spiro atoms. The maximum absolute atomic E-state index is 13.4. The summed E-state index contributed by atoms with van der Waals surface area (Å²) in [5, 5.41) is 2.05. The van der Waals surface area contributed by atoms with E-state index in [4.69, 9.17) is 14.2 Å². The van der Waals surface area contributed by atoms with E-state index in [1.807, 2.05) is 29.2 Å². The fourth-order valence-electron chi connectivity index (χ4n) is 4.56. The van der Waals surface area contributed by atoms with Crippen LogP contribution < -0.4 is 14.4 Å². The normalized spacial score (nSPS) is 21.6. The Bertz CT molecular complexity index is 893. The second-order valence-corrected chi connectivity index (χ2v) is 9.63. The minimum absolute atomic E-state index is 0.114. The van der Waals surface area contributed by atoms with Crippen molar-refractivity contribution in [2.75, 3.05) is 64.0 Å². The van der Waals surface area contributed by atoms with Crippen LogP contribution in [-0.4, -0.2) is 80.9 Å². The van der Waals surface area contributed by atoms with Gasteiger partial charge < -0.3 is 19.1 Å². The van der Waals surface area contributed by atoms with Gasteiger partial charge in [-0.3, -0.25) is 14.6 Å². The van der Waals surface area contributed by atoms with E-state index in [1.165, 1.54) is 12.8 Å². The van der Waals surface area contributed by atoms with E-state index < -0.39 is 0 Å². The molecule has 7 nitrogen and oxygen atoms in total. The summed E-state index contributed by atoms with van der Waals surface area (Å²) in [6, 6.07) is 9.90. The second kappa shape index (κ2) is 10.2. The third-order valence-corrected chi connectivity index (χ3v) is 7.20. The first-order valence-electron chi connectivity index (χ1n) is 11.5. The molecule has 0 aliphatic carbocycles. The third-order valence-electron chi connectivity index (χ3n) is 6.34. The molecular weight excluding hydrogens is 426 g/mol. The smallest absolute Gasteiger partial charge is 0.241 e. The van der Waals surface area contributed by atoms with Crippen LogP contribution in [0.3, 0.4) is 0 Å². The van der Waals surface area contributed by atoms with Gasteiger partial charge in [-0.05, 0) is 36.4 Å². The molecular formula is C24H31N3O4S. The molecule has 0 N–H and O–H groups in total. The van der Waals surface area contributed by atoms with Crippen LogP contribution in [0.5, 0.6) is 11.5 Å². The number of carbonyl (C=O) groups excluding carboxylic acids is 1. The van der Waals surface area contributed by atoms with Crippen molar-refractivity contribution >= 4 is 22.9 Å². The number of benzene rings is 1. The minimum atomic E-state index is 0.114. The van der Waals surface area contributed by atoms with Crippen molar-refractivity contribution in [3.05, 3.63) is 40.6 Å². The number of rotatable bonds is 7. The van der Waals surface area contributed by atoms with Crippen molar-refractivity contribution in [2.45, 2.75) is 25.5 Å². The van der Waals surface area contributed by atoms with E-state index in [0.717, 1.165) is 55.6 Å². The number of piperazine rings is 1. The predicted molar refractivity (Wildman–Crippen MR) is 125 cm³/mol. The summed E-state index contributed by atoms with van der Waals surface area (Å²) < 4.78 is 17.2. The predicted octanol–water partition coefficient (Wildman–Crippen LogP) is 2.85. The number of fused-ring (bicyclic) bond motifs is 1. The summed E-state index contributed by atoms with van der Waals surface area (Å²) >= 11 is 1.67. The van der Waals surface area contributed by atoms with Crippen molar-refractivity contribution in [1.29, 1.82) is 0 Å². The monoisotopic (exact) mass is 457 g/mol. The lowest BCUT2D eigenvalue weighted by atomic mass is 10.2. The van der Waals surface area contributed by atoms with Crippen molar-refractivity contribution in [1.82, 2.24) is 9.80 Å². The fraction of sp³-hybridized carbons (Fsp3) is 0.542. The lowest BCUT2D eigenvalue weighted by molar-refractivity contribution is -0.120. The molecule has 1 amide bonds. The molecule has 1 aromatic carbocycles. The van der Waals surface area contributed by atoms with Crippen LogP contribution in [0.4, 0.5) is 5.69 Å². The van der Waals surface area contributed by atoms with Crippen LogP contribution in [0.2, 0.25) is 0 Å². The number of anilines is 1. The van der Waals surface area contributed by atoms with Crippen molar-refractivity contribution in [3.8, 4) is 11.5 Å². The van der Waals surface area contributed by atoms with Gasteiger partial charge in [0, 0.05) is 56.0 Å². The third kappa shape index (κ3) is 5.26. The largest absolute Gasteiger partial charge is 0.486 e. The van der Waals surface area contributed by atoms with Gasteiger partial charge in [-0.15, -0.1) is 11.3 Å². The Labute approximate surface area is 193 Å². The molecule has 5 rings (SSSR count). The molecule has 2 saturated heterocycles. The van der Waals surface area contributed by atoms with E-state index >= 15 is 0 Å². The number of hydrogen-bond donors (Lipinski definition) is 0. The van der Waals surface area contributed by atoms with Gasteiger partial charge >= 0.3 is 0 Å². The van der Waals surface area contributed by atoms with Crippen LogP contribution in [-0.2, 0) is 16.1 Å². The van der Waals surface area contributed by atoms with E-state index in [-0.39, 0.29) is 5.91 Å². The topological polar surface area (TPSA) is 54.5 Å². The Balaban J connectivity index is 1.23. The molecule has 3 aliphatic heterocycles. The van der Waals surface area contributed by atoms with Crippen LogP contribution in [0.1, 0.15) is 17.7 Å². The summed E-state index contributed by atoms with van der Waals surface area (Å²) in [6.07, 6.45) is 2.74. The Morgan fingerprint density at radius 2 is 1.84 bits per heavy atom. The number of carbonyl (C=O) groups is 1. The quantitative estimate of drug-likeness (QED) is 0.637. The number of nitrogens with zero attached hydrogens (tertiary/aromatic N) is 3. The SMILES string of the molecule is O=C(CN1CCN(C[C@@H]2CCCO2)CC1)N(Cc1cccs1)c1ccc2c(c1)OCCO2. The van der Waals surface area contributed by atoms with Gasteiger partial charge in [0.2, 0.25) is 5.91 Å². The summed E-state index contributed by atoms with van der Waals surface area (Å²) in [7, 11) is 0. The summed E-state index contributed by atoms with van der Waals surface area (Å²) in [6.45, 7) is 7.79. The molecule has 0 unspecified atom stereocenters. The molecule has 4 heterocycles. The zero-order chi connectivity index (χ0) is 21.8. The highest BCUT2D eigenvalue weighted by Gasteiger charge is 2.26. The molecule has 1 aromatic heterocycles. The zero-order valence-electron chi connectivity index (χ0n) is 18.4. The molecule has 0 saturated carbocycles. The Hall–Kier alpha value is -2.13. The molecule has 1 atom stereocenters. The van der Waals surface area contributed by atoms with Crippen molar-refractivity contribution < 1.29 is 19.0 Å². The maximum atomic E-state index is 13.4. The van der Waals surface area contributed by atoms with Gasteiger partial charge in [0.25, 0.3) is 0 Å². The van der Waals surface area contributed by atoms with Gasteiger partial charge in [0.15, 0.2) is 11.5 Å². The molecule has 2 aromatic rings. The second-order valence-electron chi connectivity index (χ2n) is 8.60. The highest BCUT2D eigenvalue weighted by atomic mass is 32.1. The van der Waals surface area contributed by atoms with E-state index in [0.29, 0.717) is 38.2 Å². The highest BCUT2D eigenvalue weighted by molar-refractivity contribution is 7.09. The maximum Gasteiger partial charge on any atom is 0.241 e. The first-order valence-corrected chi connectivity index (χ1v) is 12.4. The van der Waals surface area contributed by atoms with Crippen LogP contribution in [0, 0.1) is 0 Å².